The average molecular weight is 428 g/mol. The summed E-state index contributed by atoms with van der Waals surface area (Å²) in [6.45, 7) is 5.94. The van der Waals surface area contributed by atoms with Crippen LogP contribution in [0.5, 0.6) is 0 Å². The predicted octanol–water partition coefficient (Wildman–Crippen LogP) is 3.52. The number of nitrogens with one attached hydrogen (secondary N) is 3. The molecule has 0 aliphatic carbocycles. The smallest absolute Gasteiger partial charge is 0.278 e. The standard InChI is InChI=1S/C21H25N5O3S/c1-4-5-10-26-20(29)19-17(11-13(2)22-19)25-21(26)30-12-18(28)24-16-8-6-15(7-9-16)23-14(3)27/h6-9,11,22H,4-5,10,12H2,1-3H3,(H,23,27)(H,24,28). The fourth-order valence-corrected chi connectivity index (χ4v) is 3.83. The lowest BCUT2D eigenvalue weighted by Crippen LogP contribution is -2.24. The SMILES string of the molecule is CCCCn1c(SCC(=O)Nc2ccc(NC(C)=O)cc2)nc2cc(C)[nH]c2c1=O. The van der Waals surface area contributed by atoms with E-state index in [0.717, 1.165) is 18.5 Å². The zero-order valence-electron chi connectivity index (χ0n) is 17.2. The van der Waals surface area contributed by atoms with Crippen LogP contribution < -0.4 is 16.2 Å². The number of anilines is 2. The van der Waals surface area contributed by atoms with Crippen molar-refractivity contribution in [3.8, 4) is 0 Å². The zero-order valence-corrected chi connectivity index (χ0v) is 18.1. The van der Waals surface area contributed by atoms with Gasteiger partial charge >= 0.3 is 0 Å². The molecule has 30 heavy (non-hydrogen) atoms. The molecule has 2 aromatic heterocycles. The maximum atomic E-state index is 12.9. The minimum absolute atomic E-state index is 0.113. The van der Waals surface area contributed by atoms with Gasteiger partial charge in [0.25, 0.3) is 5.56 Å². The lowest BCUT2D eigenvalue weighted by atomic mass is 10.3. The number of thioether (sulfide) groups is 1. The molecule has 3 rings (SSSR count). The summed E-state index contributed by atoms with van der Waals surface area (Å²) in [7, 11) is 0. The van der Waals surface area contributed by atoms with Crippen molar-refractivity contribution in [3.05, 3.63) is 46.4 Å². The monoisotopic (exact) mass is 427 g/mol. The number of hydrogen-bond donors (Lipinski definition) is 3. The van der Waals surface area contributed by atoms with Crippen LogP contribution in [0.15, 0.2) is 40.3 Å². The highest BCUT2D eigenvalue weighted by molar-refractivity contribution is 7.99. The number of carbonyl (C=O) groups excluding carboxylic acids is 2. The highest BCUT2D eigenvalue weighted by Gasteiger charge is 2.15. The van der Waals surface area contributed by atoms with Gasteiger partial charge in [0.1, 0.15) is 5.52 Å². The van der Waals surface area contributed by atoms with Gasteiger partial charge in [-0.25, -0.2) is 4.98 Å². The third-order valence-corrected chi connectivity index (χ3v) is 5.37. The Kier molecular flexibility index (Phi) is 6.94. The van der Waals surface area contributed by atoms with E-state index in [1.165, 1.54) is 18.7 Å². The van der Waals surface area contributed by atoms with Crippen molar-refractivity contribution in [1.29, 1.82) is 0 Å². The number of rotatable bonds is 8. The normalized spacial score (nSPS) is 10.9. The second kappa shape index (κ2) is 9.62. The van der Waals surface area contributed by atoms with Gasteiger partial charge in [0.15, 0.2) is 5.16 Å². The zero-order chi connectivity index (χ0) is 21.7. The molecular weight excluding hydrogens is 402 g/mol. The minimum atomic E-state index is -0.200. The molecule has 0 unspecified atom stereocenters. The maximum Gasteiger partial charge on any atom is 0.278 e. The Balaban J connectivity index is 1.71. The summed E-state index contributed by atoms with van der Waals surface area (Å²) < 4.78 is 1.64. The van der Waals surface area contributed by atoms with E-state index in [2.05, 4.69) is 27.5 Å². The molecule has 0 aliphatic rings. The van der Waals surface area contributed by atoms with E-state index in [4.69, 9.17) is 0 Å². The number of carbonyl (C=O) groups is 2. The number of aryl methyl sites for hydroxylation is 1. The fraction of sp³-hybridized carbons (Fsp3) is 0.333. The molecule has 8 nitrogen and oxygen atoms in total. The van der Waals surface area contributed by atoms with E-state index in [1.54, 1.807) is 28.8 Å². The van der Waals surface area contributed by atoms with Crippen molar-refractivity contribution in [3.63, 3.8) is 0 Å². The summed E-state index contributed by atoms with van der Waals surface area (Å²) in [5, 5.41) is 6.03. The van der Waals surface area contributed by atoms with Gasteiger partial charge in [0.2, 0.25) is 11.8 Å². The summed E-state index contributed by atoms with van der Waals surface area (Å²) in [5.41, 5.74) is 3.16. The molecule has 2 heterocycles. The first-order valence-corrected chi connectivity index (χ1v) is 10.8. The Labute approximate surface area is 178 Å². The molecule has 3 N–H and O–H groups in total. The number of benzene rings is 1. The Morgan fingerprint density at radius 2 is 1.83 bits per heavy atom. The van der Waals surface area contributed by atoms with Crippen LogP contribution in [0, 0.1) is 6.92 Å². The van der Waals surface area contributed by atoms with Crippen LogP contribution in [0.4, 0.5) is 11.4 Å². The first-order chi connectivity index (χ1) is 14.4. The first kappa shape index (κ1) is 21.6. The Morgan fingerprint density at radius 3 is 2.47 bits per heavy atom. The van der Waals surface area contributed by atoms with Crippen LogP contribution in [0.25, 0.3) is 11.0 Å². The van der Waals surface area contributed by atoms with Gasteiger partial charge in [0, 0.05) is 30.5 Å². The van der Waals surface area contributed by atoms with E-state index < -0.39 is 0 Å². The highest BCUT2D eigenvalue weighted by Crippen LogP contribution is 2.20. The number of hydrogen-bond acceptors (Lipinski definition) is 5. The number of amides is 2. The molecule has 2 amide bonds. The summed E-state index contributed by atoms with van der Waals surface area (Å²) in [5.74, 6) is -0.228. The van der Waals surface area contributed by atoms with Crippen molar-refractivity contribution in [2.45, 2.75) is 45.3 Å². The Hall–Kier alpha value is -3.07. The minimum Gasteiger partial charge on any atom is -0.353 e. The lowest BCUT2D eigenvalue weighted by Gasteiger charge is -2.12. The van der Waals surface area contributed by atoms with E-state index in [1.807, 2.05) is 13.0 Å². The molecule has 0 aliphatic heterocycles. The van der Waals surface area contributed by atoms with Crippen molar-refractivity contribution < 1.29 is 9.59 Å². The molecule has 0 atom stereocenters. The molecule has 0 fully saturated rings. The van der Waals surface area contributed by atoms with E-state index >= 15 is 0 Å². The summed E-state index contributed by atoms with van der Waals surface area (Å²) in [4.78, 5) is 44.0. The van der Waals surface area contributed by atoms with Crippen LogP contribution in [-0.4, -0.2) is 32.1 Å². The molecule has 0 saturated heterocycles. The quantitative estimate of drug-likeness (QED) is 0.376. The molecule has 1 aromatic carbocycles. The van der Waals surface area contributed by atoms with Gasteiger partial charge in [0.05, 0.1) is 11.3 Å². The predicted molar refractivity (Wildman–Crippen MR) is 120 cm³/mol. The molecule has 0 radical (unpaired) electrons. The Morgan fingerprint density at radius 1 is 1.17 bits per heavy atom. The van der Waals surface area contributed by atoms with E-state index in [0.29, 0.717) is 34.1 Å². The van der Waals surface area contributed by atoms with Gasteiger partial charge < -0.3 is 15.6 Å². The molecule has 3 aromatic rings. The first-order valence-electron chi connectivity index (χ1n) is 9.78. The lowest BCUT2D eigenvalue weighted by molar-refractivity contribution is -0.114. The third-order valence-electron chi connectivity index (χ3n) is 4.39. The largest absolute Gasteiger partial charge is 0.353 e. The van der Waals surface area contributed by atoms with Crippen LogP contribution in [0.1, 0.15) is 32.4 Å². The third kappa shape index (κ3) is 5.29. The number of fused-ring (bicyclic) bond motifs is 1. The second-order valence-corrected chi connectivity index (χ2v) is 7.96. The summed E-state index contributed by atoms with van der Waals surface area (Å²) in [6, 6.07) is 8.71. The van der Waals surface area contributed by atoms with Gasteiger partial charge in [-0.2, -0.15) is 0 Å². The summed E-state index contributed by atoms with van der Waals surface area (Å²) in [6.07, 6.45) is 1.81. The van der Waals surface area contributed by atoms with Gasteiger partial charge in [-0.3, -0.25) is 19.0 Å². The second-order valence-electron chi connectivity index (χ2n) is 7.01. The number of nitrogens with zero attached hydrogens (tertiary/aromatic N) is 2. The van der Waals surface area contributed by atoms with Crippen molar-refractivity contribution >= 4 is 46.0 Å². The van der Waals surface area contributed by atoms with Crippen LogP contribution in [0.2, 0.25) is 0 Å². The summed E-state index contributed by atoms with van der Waals surface area (Å²) >= 11 is 1.24. The van der Waals surface area contributed by atoms with E-state index in [-0.39, 0.29) is 23.1 Å². The molecular formula is C21H25N5O3S. The van der Waals surface area contributed by atoms with Crippen molar-refractivity contribution in [1.82, 2.24) is 14.5 Å². The van der Waals surface area contributed by atoms with Gasteiger partial charge in [-0.1, -0.05) is 25.1 Å². The number of aromatic nitrogens is 3. The van der Waals surface area contributed by atoms with Gasteiger partial charge in [-0.15, -0.1) is 0 Å². The maximum absolute atomic E-state index is 12.9. The van der Waals surface area contributed by atoms with Crippen molar-refractivity contribution in [2.75, 3.05) is 16.4 Å². The molecule has 9 heteroatoms. The van der Waals surface area contributed by atoms with Crippen molar-refractivity contribution in [2.24, 2.45) is 0 Å². The van der Waals surface area contributed by atoms with E-state index in [9.17, 15) is 14.4 Å². The Bertz CT molecular complexity index is 1120. The number of unbranched alkanes of at least 4 members (excludes halogenated alkanes) is 1. The highest BCUT2D eigenvalue weighted by atomic mass is 32.2. The average Bonchev–Trinajstić information content (AvgIpc) is 3.07. The molecule has 0 saturated carbocycles. The van der Waals surface area contributed by atoms with Crippen LogP contribution in [0.3, 0.4) is 0 Å². The topological polar surface area (TPSA) is 109 Å². The number of aromatic amines is 1. The molecule has 0 bridgehead atoms. The molecule has 0 spiro atoms. The number of H-pyrrole nitrogens is 1. The van der Waals surface area contributed by atoms with Crippen LogP contribution >= 0.6 is 11.8 Å². The van der Waals surface area contributed by atoms with Crippen LogP contribution in [-0.2, 0) is 16.1 Å². The molecule has 158 valence electrons. The fourth-order valence-electron chi connectivity index (χ4n) is 3.00. The van der Waals surface area contributed by atoms with Gasteiger partial charge in [-0.05, 0) is 43.7 Å².